The molecular formula is C17H12ClFN2O2S. The number of thiazole rings is 1. The maximum Gasteiger partial charge on any atom is 0.261 e. The maximum atomic E-state index is 13.8. The summed E-state index contributed by atoms with van der Waals surface area (Å²) in [7, 11) is 1.60. The van der Waals surface area contributed by atoms with Crippen molar-refractivity contribution in [2.45, 2.75) is 0 Å². The second-order valence-corrected chi connectivity index (χ2v) is 6.08. The summed E-state index contributed by atoms with van der Waals surface area (Å²) in [5.41, 5.74) is 1.40. The van der Waals surface area contributed by atoms with Gasteiger partial charge in [0.15, 0.2) is 5.13 Å². The Morgan fingerprint density at radius 2 is 2.00 bits per heavy atom. The minimum absolute atomic E-state index is 0.0550. The Labute approximate surface area is 146 Å². The van der Waals surface area contributed by atoms with Crippen molar-refractivity contribution in [3.05, 3.63) is 64.2 Å². The molecule has 0 atom stereocenters. The van der Waals surface area contributed by atoms with Gasteiger partial charge in [-0.05, 0) is 36.4 Å². The van der Waals surface area contributed by atoms with E-state index in [4.69, 9.17) is 16.3 Å². The van der Waals surface area contributed by atoms with Crippen LogP contribution in [-0.2, 0) is 0 Å². The van der Waals surface area contributed by atoms with Crippen LogP contribution in [0.4, 0.5) is 9.52 Å². The van der Waals surface area contributed by atoms with Gasteiger partial charge in [-0.15, -0.1) is 11.3 Å². The quantitative estimate of drug-likeness (QED) is 0.720. The highest BCUT2D eigenvalue weighted by molar-refractivity contribution is 7.14. The van der Waals surface area contributed by atoms with E-state index >= 15 is 0 Å². The number of amides is 1. The fourth-order valence-corrected chi connectivity index (χ4v) is 3.06. The van der Waals surface area contributed by atoms with Gasteiger partial charge in [0.1, 0.15) is 11.6 Å². The van der Waals surface area contributed by atoms with Crippen LogP contribution in [-0.4, -0.2) is 18.0 Å². The maximum absolute atomic E-state index is 13.8. The van der Waals surface area contributed by atoms with E-state index in [1.165, 1.54) is 29.5 Å². The SMILES string of the molecule is COc1ccc(-c2csc(NC(=O)c3c(F)cccc3Cl)n2)cc1. The number of anilines is 1. The van der Waals surface area contributed by atoms with Gasteiger partial charge in [-0.3, -0.25) is 10.1 Å². The molecule has 0 saturated heterocycles. The Morgan fingerprint density at radius 3 is 2.67 bits per heavy atom. The molecule has 3 aromatic rings. The van der Waals surface area contributed by atoms with Crippen LogP contribution in [0.15, 0.2) is 47.8 Å². The fourth-order valence-electron chi connectivity index (χ4n) is 2.10. The van der Waals surface area contributed by atoms with Crippen molar-refractivity contribution in [2.75, 3.05) is 12.4 Å². The third kappa shape index (κ3) is 3.39. The second kappa shape index (κ2) is 6.98. The van der Waals surface area contributed by atoms with Crippen molar-refractivity contribution in [1.82, 2.24) is 4.98 Å². The zero-order valence-electron chi connectivity index (χ0n) is 12.5. The standard InChI is InChI=1S/C17H12ClFN2O2S/c1-23-11-7-5-10(6-8-11)14-9-24-17(20-14)21-16(22)15-12(18)3-2-4-13(15)19/h2-9H,1H3,(H,20,21,22). The number of nitrogens with one attached hydrogen (secondary N) is 1. The molecule has 0 fully saturated rings. The molecule has 1 aromatic heterocycles. The third-order valence-electron chi connectivity index (χ3n) is 3.30. The monoisotopic (exact) mass is 362 g/mol. The van der Waals surface area contributed by atoms with Gasteiger partial charge < -0.3 is 4.74 Å². The summed E-state index contributed by atoms with van der Waals surface area (Å²) in [6.45, 7) is 0. The van der Waals surface area contributed by atoms with E-state index in [0.29, 0.717) is 10.8 Å². The van der Waals surface area contributed by atoms with Gasteiger partial charge in [-0.2, -0.15) is 0 Å². The Bertz CT molecular complexity index is 860. The summed E-state index contributed by atoms with van der Waals surface area (Å²) in [6.07, 6.45) is 0. The first-order valence-corrected chi connectivity index (χ1v) is 8.19. The number of carbonyl (C=O) groups excluding carboxylic acids is 1. The van der Waals surface area contributed by atoms with E-state index in [2.05, 4.69) is 10.3 Å². The van der Waals surface area contributed by atoms with Gasteiger partial charge in [0.05, 0.1) is 23.4 Å². The summed E-state index contributed by atoms with van der Waals surface area (Å²) in [4.78, 5) is 16.5. The smallest absolute Gasteiger partial charge is 0.261 e. The molecule has 0 aliphatic rings. The molecule has 122 valence electrons. The normalized spacial score (nSPS) is 10.5. The van der Waals surface area contributed by atoms with Gasteiger partial charge in [-0.25, -0.2) is 9.37 Å². The van der Waals surface area contributed by atoms with E-state index < -0.39 is 11.7 Å². The van der Waals surface area contributed by atoms with Crippen LogP contribution in [0.5, 0.6) is 5.75 Å². The fraction of sp³-hybridized carbons (Fsp3) is 0.0588. The Kier molecular flexibility index (Phi) is 4.78. The predicted molar refractivity (Wildman–Crippen MR) is 93.5 cm³/mol. The molecule has 2 aromatic carbocycles. The first-order chi connectivity index (χ1) is 11.6. The van der Waals surface area contributed by atoms with E-state index in [-0.39, 0.29) is 10.6 Å². The van der Waals surface area contributed by atoms with Crippen molar-refractivity contribution >= 4 is 34.0 Å². The number of methoxy groups -OCH3 is 1. The number of carbonyl (C=O) groups is 1. The lowest BCUT2D eigenvalue weighted by Crippen LogP contribution is -2.14. The minimum Gasteiger partial charge on any atom is -0.497 e. The van der Waals surface area contributed by atoms with Crippen molar-refractivity contribution in [3.63, 3.8) is 0 Å². The van der Waals surface area contributed by atoms with Gasteiger partial charge in [0.2, 0.25) is 0 Å². The zero-order chi connectivity index (χ0) is 17.1. The van der Waals surface area contributed by atoms with Crippen molar-refractivity contribution in [3.8, 4) is 17.0 Å². The van der Waals surface area contributed by atoms with Crippen LogP contribution < -0.4 is 10.1 Å². The molecule has 1 amide bonds. The van der Waals surface area contributed by atoms with Crippen LogP contribution >= 0.6 is 22.9 Å². The number of rotatable bonds is 4. The van der Waals surface area contributed by atoms with Crippen LogP contribution in [0.2, 0.25) is 5.02 Å². The average Bonchev–Trinajstić information content (AvgIpc) is 3.03. The van der Waals surface area contributed by atoms with Crippen LogP contribution in [0, 0.1) is 5.82 Å². The molecule has 0 unspecified atom stereocenters. The topological polar surface area (TPSA) is 51.2 Å². The lowest BCUT2D eigenvalue weighted by atomic mass is 10.2. The number of aromatic nitrogens is 1. The molecule has 0 bridgehead atoms. The average molecular weight is 363 g/mol. The summed E-state index contributed by atoms with van der Waals surface area (Å²) >= 11 is 7.14. The number of halogens is 2. The predicted octanol–water partition coefficient (Wildman–Crippen LogP) is 4.86. The molecule has 24 heavy (non-hydrogen) atoms. The number of nitrogens with zero attached hydrogens (tertiary/aromatic N) is 1. The second-order valence-electron chi connectivity index (χ2n) is 4.82. The van der Waals surface area contributed by atoms with Crippen LogP contribution in [0.25, 0.3) is 11.3 Å². The molecule has 1 heterocycles. The molecule has 0 aliphatic heterocycles. The summed E-state index contributed by atoms with van der Waals surface area (Å²) < 4.78 is 18.9. The van der Waals surface area contributed by atoms with Crippen LogP contribution in [0.3, 0.4) is 0 Å². The molecular weight excluding hydrogens is 351 g/mol. The molecule has 0 spiro atoms. The zero-order valence-corrected chi connectivity index (χ0v) is 14.1. The Balaban J connectivity index is 1.79. The van der Waals surface area contributed by atoms with Gasteiger partial charge >= 0.3 is 0 Å². The lowest BCUT2D eigenvalue weighted by molar-refractivity contribution is 0.102. The first-order valence-electron chi connectivity index (χ1n) is 6.94. The van der Waals surface area contributed by atoms with Crippen molar-refractivity contribution in [2.24, 2.45) is 0 Å². The largest absolute Gasteiger partial charge is 0.497 e. The molecule has 7 heteroatoms. The molecule has 0 saturated carbocycles. The number of hydrogen-bond donors (Lipinski definition) is 1. The molecule has 0 aliphatic carbocycles. The van der Waals surface area contributed by atoms with E-state index in [0.717, 1.165) is 11.3 Å². The minimum atomic E-state index is -0.674. The van der Waals surface area contributed by atoms with E-state index in [1.54, 1.807) is 12.5 Å². The summed E-state index contributed by atoms with van der Waals surface area (Å²) in [6, 6.07) is 11.5. The van der Waals surface area contributed by atoms with Gasteiger partial charge in [0.25, 0.3) is 5.91 Å². The highest BCUT2D eigenvalue weighted by Gasteiger charge is 2.17. The number of benzene rings is 2. The first kappa shape index (κ1) is 16.4. The number of hydrogen-bond acceptors (Lipinski definition) is 4. The molecule has 4 nitrogen and oxygen atoms in total. The van der Waals surface area contributed by atoms with Crippen molar-refractivity contribution < 1.29 is 13.9 Å². The van der Waals surface area contributed by atoms with Crippen molar-refractivity contribution in [1.29, 1.82) is 0 Å². The third-order valence-corrected chi connectivity index (χ3v) is 4.37. The molecule has 3 rings (SSSR count). The lowest BCUT2D eigenvalue weighted by Gasteiger charge is -2.05. The number of ether oxygens (including phenoxy) is 1. The van der Waals surface area contributed by atoms with Gasteiger partial charge in [-0.1, -0.05) is 17.7 Å². The Hall–Kier alpha value is -2.44. The summed E-state index contributed by atoms with van der Waals surface area (Å²) in [5.74, 6) is -0.558. The molecule has 1 N–H and O–H groups in total. The molecule has 0 radical (unpaired) electrons. The van der Waals surface area contributed by atoms with Crippen LogP contribution in [0.1, 0.15) is 10.4 Å². The highest BCUT2D eigenvalue weighted by atomic mass is 35.5. The van der Waals surface area contributed by atoms with E-state index in [9.17, 15) is 9.18 Å². The van der Waals surface area contributed by atoms with Gasteiger partial charge in [0, 0.05) is 10.9 Å². The summed E-state index contributed by atoms with van der Waals surface area (Å²) in [5, 5.41) is 4.80. The van der Waals surface area contributed by atoms with E-state index in [1.807, 2.05) is 24.3 Å². The highest BCUT2D eigenvalue weighted by Crippen LogP contribution is 2.27. The Morgan fingerprint density at radius 1 is 1.25 bits per heavy atom.